The van der Waals surface area contributed by atoms with Crippen LogP contribution in [0.2, 0.25) is 0 Å². The van der Waals surface area contributed by atoms with E-state index in [1.807, 2.05) is 38.1 Å². The third kappa shape index (κ3) is 5.93. The number of amides is 1. The minimum Gasteiger partial charge on any atom is -0.450 e. The van der Waals surface area contributed by atoms with Crippen LogP contribution in [0.1, 0.15) is 28.6 Å². The predicted molar refractivity (Wildman–Crippen MR) is 115 cm³/mol. The van der Waals surface area contributed by atoms with Crippen LogP contribution in [0.4, 0.5) is 5.69 Å². The molecular formula is C23H20BrNO4. The van der Waals surface area contributed by atoms with Crippen LogP contribution in [0.5, 0.6) is 0 Å². The van der Waals surface area contributed by atoms with Crippen LogP contribution in [-0.2, 0) is 14.3 Å². The van der Waals surface area contributed by atoms with Crippen molar-refractivity contribution in [2.45, 2.75) is 20.0 Å². The molecule has 0 bridgehead atoms. The SMILES string of the molecule is Cc1cc(C)cc(NC(=O)C(OC(=O)C=Cc2ccc(Br)o2)c2ccccc2)c1. The molecule has 0 saturated heterocycles. The molecule has 1 unspecified atom stereocenters. The Bertz CT molecular complexity index is 1020. The van der Waals surface area contributed by atoms with Gasteiger partial charge in [-0.1, -0.05) is 36.4 Å². The highest BCUT2D eigenvalue weighted by molar-refractivity contribution is 9.10. The summed E-state index contributed by atoms with van der Waals surface area (Å²) in [7, 11) is 0. The molecule has 2 aromatic carbocycles. The lowest BCUT2D eigenvalue weighted by Crippen LogP contribution is -2.25. The van der Waals surface area contributed by atoms with Crippen LogP contribution in [0.25, 0.3) is 6.08 Å². The number of carbonyl (C=O) groups excluding carboxylic acids is 2. The summed E-state index contributed by atoms with van der Waals surface area (Å²) in [6.07, 6.45) is 1.62. The summed E-state index contributed by atoms with van der Waals surface area (Å²) in [5, 5.41) is 2.84. The van der Waals surface area contributed by atoms with E-state index in [1.54, 1.807) is 36.4 Å². The Morgan fingerprint density at radius 2 is 1.72 bits per heavy atom. The second kappa shape index (κ2) is 9.39. The lowest BCUT2D eigenvalue weighted by atomic mass is 10.1. The predicted octanol–water partition coefficient (Wildman–Crippen LogP) is 5.60. The first-order valence-corrected chi connectivity index (χ1v) is 9.78. The molecule has 1 heterocycles. The average molecular weight is 454 g/mol. The number of rotatable bonds is 6. The van der Waals surface area contributed by atoms with Gasteiger partial charge < -0.3 is 14.5 Å². The summed E-state index contributed by atoms with van der Waals surface area (Å²) in [6.45, 7) is 3.91. The van der Waals surface area contributed by atoms with E-state index < -0.39 is 18.0 Å². The highest BCUT2D eigenvalue weighted by atomic mass is 79.9. The lowest BCUT2D eigenvalue weighted by molar-refractivity contribution is -0.149. The van der Waals surface area contributed by atoms with Gasteiger partial charge in [-0.15, -0.1) is 0 Å². The number of aryl methyl sites for hydroxylation is 2. The van der Waals surface area contributed by atoms with Crippen molar-refractivity contribution in [2.75, 3.05) is 5.32 Å². The van der Waals surface area contributed by atoms with Crippen LogP contribution >= 0.6 is 15.9 Å². The second-order valence-electron chi connectivity index (χ2n) is 6.57. The molecule has 0 fully saturated rings. The van der Waals surface area contributed by atoms with Crippen molar-refractivity contribution in [3.05, 3.63) is 93.9 Å². The molecule has 3 aromatic rings. The summed E-state index contributed by atoms with van der Waals surface area (Å²) < 4.78 is 11.3. The summed E-state index contributed by atoms with van der Waals surface area (Å²) in [6, 6.07) is 18.1. The molecule has 1 atom stereocenters. The molecule has 1 aromatic heterocycles. The van der Waals surface area contributed by atoms with Gasteiger partial charge in [0.05, 0.1) is 0 Å². The smallest absolute Gasteiger partial charge is 0.332 e. The molecule has 6 heteroatoms. The molecule has 0 saturated carbocycles. The molecule has 0 aliphatic heterocycles. The Labute approximate surface area is 177 Å². The summed E-state index contributed by atoms with van der Waals surface area (Å²) in [5.74, 6) is -0.588. The van der Waals surface area contributed by atoms with E-state index in [0.717, 1.165) is 11.1 Å². The fourth-order valence-electron chi connectivity index (χ4n) is 2.88. The topological polar surface area (TPSA) is 68.5 Å². The average Bonchev–Trinajstić information content (AvgIpc) is 3.09. The fourth-order valence-corrected chi connectivity index (χ4v) is 3.20. The van der Waals surface area contributed by atoms with Crippen molar-refractivity contribution < 1.29 is 18.7 Å². The summed E-state index contributed by atoms with van der Waals surface area (Å²) in [4.78, 5) is 25.2. The van der Waals surface area contributed by atoms with Crippen molar-refractivity contribution in [2.24, 2.45) is 0 Å². The number of furan rings is 1. The minimum absolute atomic E-state index is 0.427. The molecule has 1 N–H and O–H groups in total. The largest absolute Gasteiger partial charge is 0.450 e. The van der Waals surface area contributed by atoms with Gasteiger partial charge >= 0.3 is 5.97 Å². The lowest BCUT2D eigenvalue weighted by Gasteiger charge is -2.17. The number of carbonyl (C=O) groups is 2. The van der Waals surface area contributed by atoms with Crippen LogP contribution in [0.15, 0.2) is 75.8 Å². The Kier molecular flexibility index (Phi) is 6.67. The number of benzene rings is 2. The second-order valence-corrected chi connectivity index (χ2v) is 7.35. The molecule has 0 spiro atoms. The van der Waals surface area contributed by atoms with E-state index >= 15 is 0 Å². The maximum atomic E-state index is 12.9. The zero-order valence-corrected chi connectivity index (χ0v) is 17.6. The van der Waals surface area contributed by atoms with Crippen molar-refractivity contribution in [3.8, 4) is 0 Å². The molecule has 0 aliphatic rings. The number of hydrogen-bond donors (Lipinski definition) is 1. The van der Waals surface area contributed by atoms with E-state index in [-0.39, 0.29) is 0 Å². The first-order chi connectivity index (χ1) is 13.9. The van der Waals surface area contributed by atoms with Crippen LogP contribution in [0.3, 0.4) is 0 Å². The van der Waals surface area contributed by atoms with Gasteiger partial charge in [-0.25, -0.2) is 4.79 Å². The number of hydrogen-bond acceptors (Lipinski definition) is 4. The van der Waals surface area contributed by atoms with Crippen molar-refractivity contribution in [3.63, 3.8) is 0 Å². The highest BCUT2D eigenvalue weighted by Crippen LogP contribution is 2.22. The number of halogens is 1. The van der Waals surface area contributed by atoms with Gasteiger partial charge in [-0.3, -0.25) is 4.79 Å². The molecular weight excluding hydrogens is 434 g/mol. The Hall–Kier alpha value is -3.12. The van der Waals surface area contributed by atoms with Crippen molar-refractivity contribution in [1.82, 2.24) is 0 Å². The summed E-state index contributed by atoms with van der Waals surface area (Å²) in [5.41, 5.74) is 3.29. The maximum absolute atomic E-state index is 12.9. The van der Waals surface area contributed by atoms with Crippen LogP contribution in [-0.4, -0.2) is 11.9 Å². The minimum atomic E-state index is -1.09. The van der Waals surface area contributed by atoms with E-state index in [1.165, 1.54) is 12.2 Å². The summed E-state index contributed by atoms with van der Waals surface area (Å²) >= 11 is 3.20. The Balaban J connectivity index is 1.78. The third-order valence-electron chi connectivity index (χ3n) is 4.04. The third-order valence-corrected chi connectivity index (χ3v) is 4.47. The van der Waals surface area contributed by atoms with Crippen LogP contribution < -0.4 is 5.32 Å². The van der Waals surface area contributed by atoms with Gasteiger partial charge in [0.2, 0.25) is 6.10 Å². The molecule has 1 amide bonds. The maximum Gasteiger partial charge on any atom is 0.332 e. The molecule has 3 rings (SSSR count). The van der Waals surface area contributed by atoms with Gasteiger partial charge in [0, 0.05) is 17.3 Å². The first kappa shape index (κ1) is 20.6. The molecule has 5 nitrogen and oxygen atoms in total. The van der Waals surface area contributed by atoms with Gasteiger partial charge in [0.25, 0.3) is 5.91 Å². The Morgan fingerprint density at radius 3 is 2.34 bits per heavy atom. The number of ether oxygens (including phenoxy) is 1. The van der Waals surface area contributed by atoms with Crippen molar-refractivity contribution >= 4 is 39.6 Å². The van der Waals surface area contributed by atoms with E-state index in [9.17, 15) is 9.59 Å². The normalized spacial score (nSPS) is 12.0. The number of nitrogens with one attached hydrogen (secondary N) is 1. The van der Waals surface area contributed by atoms with E-state index in [0.29, 0.717) is 21.7 Å². The number of esters is 1. The van der Waals surface area contributed by atoms with E-state index in [2.05, 4.69) is 21.2 Å². The standard InChI is InChI=1S/C23H20BrNO4/c1-15-12-16(2)14-18(13-15)25-23(27)22(17-6-4-3-5-7-17)29-21(26)11-9-19-8-10-20(24)28-19/h3-14,22H,1-2H3,(H,25,27). The van der Waals surface area contributed by atoms with Crippen LogP contribution in [0, 0.1) is 13.8 Å². The highest BCUT2D eigenvalue weighted by Gasteiger charge is 2.24. The zero-order valence-electron chi connectivity index (χ0n) is 16.0. The van der Waals surface area contributed by atoms with Crippen molar-refractivity contribution in [1.29, 1.82) is 0 Å². The molecule has 148 valence electrons. The monoisotopic (exact) mass is 453 g/mol. The van der Waals surface area contributed by atoms with Gasteiger partial charge in [0.15, 0.2) is 4.67 Å². The molecule has 0 radical (unpaired) electrons. The van der Waals surface area contributed by atoms with Gasteiger partial charge in [-0.05, 0) is 71.2 Å². The van der Waals surface area contributed by atoms with Gasteiger partial charge in [-0.2, -0.15) is 0 Å². The Morgan fingerprint density at radius 1 is 1.03 bits per heavy atom. The zero-order chi connectivity index (χ0) is 20.8. The fraction of sp³-hybridized carbons (Fsp3) is 0.130. The molecule has 0 aliphatic carbocycles. The molecule has 29 heavy (non-hydrogen) atoms. The van der Waals surface area contributed by atoms with Gasteiger partial charge in [0.1, 0.15) is 5.76 Å². The van der Waals surface area contributed by atoms with E-state index in [4.69, 9.17) is 9.15 Å². The first-order valence-electron chi connectivity index (χ1n) is 8.99. The quantitative estimate of drug-likeness (QED) is 0.389. The number of anilines is 1.